The van der Waals surface area contributed by atoms with Crippen molar-refractivity contribution < 1.29 is 19.2 Å². The number of H-pyrrole nitrogens is 3. The highest BCUT2D eigenvalue weighted by Gasteiger charge is 2.31. The van der Waals surface area contributed by atoms with Crippen molar-refractivity contribution in [1.82, 2.24) is 41.0 Å². The van der Waals surface area contributed by atoms with E-state index >= 15 is 0 Å². The number of amides is 3. The van der Waals surface area contributed by atoms with Crippen LogP contribution in [0.4, 0.5) is 0 Å². The van der Waals surface area contributed by atoms with Gasteiger partial charge in [-0.05, 0) is 37.3 Å². The first-order valence-corrected chi connectivity index (χ1v) is 16.7. The van der Waals surface area contributed by atoms with E-state index in [1.54, 1.807) is 12.4 Å². The van der Waals surface area contributed by atoms with E-state index in [-0.39, 0.29) is 19.3 Å². The van der Waals surface area contributed by atoms with Crippen molar-refractivity contribution in [2.24, 2.45) is 5.73 Å². The second-order valence-corrected chi connectivity index (χ2v) is 12.9. The molecule has 13 nitrogen and oxygen atoms in total. The highest BCUT2D eigenvalue weighted by Crippen LogP contribution is 2.33. The van der Waals surface area contributed by atoms with Crippen LogP contribution in [0.25, 0.3) is 10.9 Å². The van der Waals surface area contributed by atoms with Gasteiger partial charge in [0.1, 0.15) is 23.7 Å². The smallest absolute Gasteiger partial charge is 0.266 e. The monoisotopic (exact) mass is 643 g/mol. The molecular weight excluding hydrogens is 598 g/mol. The minimum Gasteiger partial charge on any atom is -0.361 e. The lowest BCUT2D eigenvalue weighted by Crippen LogP contribution is -2.57. The van der Waals surface area contributed by atoms with Gasteiger partial charge in [0.25, 0.3) is 5.91 Å². The van der Waals surface area contributed by atoms with E-state index in [9.17, 15) is 14.4 Å². The Bertz CT molecular complexity index is 1660. The molecule has 2 fully saturated rings. The number of aromatic amines is 3. The lowest BCUT2D eigenvalue weighted by atomic mass is 10.0. The average molecular weight is 644 g/mol. The van der Waals surface area contributed by atoms with Gasteiger partial charge in [0.2, 0.25) is 11.8 Å². The number of nitrogens with zero attached hydrogens (tertiary/aromatic N) is 2. The maximum absolute atomic E-state index is 14.0. The number of imidazole rings is 2. The fourth-order valence-electron chi connectivity index (χ4n) is 6.99. The Morgan fingerprint density at radius 2 is 1.40 bits per heavy atom. The summed E-state index contributed by atoms with van der Waals surface area (Å²) < 4.78 is 0. The van der Waals surface area contributed by atoms with Crippen molar-refractivity contribution in [3.63, 3.8) is 0 Å². The molecule has 2 saturated carbocycles. The third kappa shape index (κ3) is 7.91. The van der Waals surface area contributed by atoms with Crippen LogP contribution in [0.1, 0.15) is 91.8 Å². The molecule has 3 amide bonds. The summed E-state index contributed by atoms with van der Waals surface area (Å²) in [6.07, 6.45) is 15.0. The van der Waals surface area contributed by atoms with Gasteiger partial charge in [0.05, 0.1) is 13.2 Å². The summed E-state index contributed by atoms with van der Waals surface area (Å²) in [6, 6.07) is 4.82. The van der Waals surface area contributed by atoms with Crippen LogP contribution in [-0.2, 0) is 38.5 Å². The van der Waals surface area contributed by atoms with Crippen LogP contribution in [0, 0.1) is 0 Å². The Balaban J connectivity index is 1.18. The topological polar surface area (TPSA) is 196 Å². The number of nitrogens with one attached hydrogen (secondary N) is 6. The number of aromatic nitrogens is 5. The summed E-state index contributed by atoms with van der Waals surface area (Å²) in [5.41, 5.74) is 12.0. The lowest BCUT2D eigenvalue weighted by Gasteiger charge is -2.24. The molecule has 1 aromatic carbocycles. The Morgan fingerprint density at radius 3 is 2.04 bits per heavy atom. The highest BCUT2D eigenvalue weighted by atomic mass is 16.6. The molecule has 3 aromatic heterocycles. The van der Waals surface area contributed by atoms with Crippen molar-refractivity contribution >= 4 is 28.6 Å². The molecule has 3 atom stereocenters. The van der Waals surface area contributed by atoms with Crippen molar-refractivity contribution in [2.45, 2.75) is 101 Å². The first-order valence-electron chi connectivity index (χ1n) is 16.7. The molecule has 0 spiro atoms. The molecule has 2 aliphatic carbocycles. The number of hydroxylamine groups is 1. The van der Waals surface area contributed by atoms with Crippen LogP contribution in [0.15, 0.2) is 42.9 Å². The number of benzene rings is 1. The lowest BCUT2D eigenvalue weighted by molar-refractivity contribution is -0.137. The number of para-hydroxylation sites is 1. The summed E-state index contributed by atoms with van der Waals surface area (Å²) in [6.45, 7) is 0. The van der Waals surface area contributed by atoms with E-state index < -0.39 is 35.8 Å². The second kappa shape index (κ2) is 14.9. The molecule has 0 aliphatic heterocycles. The van der Waals surface area contributed by atoms with E-state index in [4.69, 9.17) is 10.6 Å². The number of carbonyl (C=O) groups is 3. The first-order chi connectivity index (χ1) is 22.9. The molecular formula is C34H45N9O4. The van der Waals surface area contributed by atoms with E-state index in [1.165, 1.54) is 32.8 Å². The summed E-state index contributed by atoms with van der Waals surface area (Å²) >= 11 is 0. The molecule has 3 heterocycles. The SMILES string of the molecule is CONC(=O)[C@H](Cc1cnc(C2CCCC2)[nH]1)NC(=O)[C@H](Cc1c[nH]c2ccccc12)NC(=O)[C@@H](N)Cc1cnc(C2CCCC2)[nH]1. The van der Waals surface area contributed by atoms with Gasteiger partial charge in [-0.15, -0.1) is 0 Å². The van der Waals surface area contributed by atoms with Gasteiger partial charge in [-0.1, -0.05) is 43.9 Å². The van der Waals surface area contributed by atoms with Crippen molar-refractivity contribution in [3.05, 3.63) is 71.5 Å². The van der Waals surface area contributed by atoms with Crippen molar-refractivity contribution in [1.29, 1.82) is 0 Å². The summed E-state index contributed by atoms with van der Waals surface area (Å²) in [5.74, 6) is 1.11. The number of carbonyl (C=O) groups excluding carboxylic acids is 3. The van der Waals surface area contributed by atoms with Gasteiger partial charge in [-0.25, -0.2) is 15.4 Å². The Morgan fingerprint density at radius 1 is 0.830 bits per heavy atom. The zero-order valence-corrected chi connectivity index (χ0v) is 26.8. The summed E-state index contributed by atoms with van der Waals surface area (Å²) in [7, 11) is 1.34. The van der Waals surface area contributed by atoms with Crippen LogP contribution in [0.2, 0.25) is 0 Å². The number of nitrogens with two attached hydrogens (primary N) is 1. The predicted octanol–water partition coefficient (Wildman–Crippen LogP) is 2.93. The molecule has 13 heteroatoms. The fourth-order valence-corrected chi connectivity index (χ4v) is 6.99. The van der Waals surface area contributed by atoms with Crippen molar-refractivity contribution in [2.75, 3.05) is 7.11 Å². The van der Waals surface area contributed by atoms with Crippen LogP contribution in [-0.4, -0.2) is 67.9 Å². The molecule has 0 saturated heterocycles. The number of rotatable bonds is 14. The van der Waals surface area contributed by atoms with E-state index in [0.717, 1.165) is 65.2 Å². The van der Waals surface area contributed by atoms with Gasteiger partial charge in [-0.2, -0.15) is 0 Å². The quantitative estimate of drug-likeness (QED) is 0.103. The Hall–Kier alpha value is -4.49. The second-order valence-electron chi connectivity index (χ2n) is 12.9. The Labute approximate surface area is 273 Å². The standard InChI is InChI=1S/C34H45N9O4/c1-47-43-34(46)29(16-24-19-38-31(40-24)21-10-4-5-11-21)42-33(45)28(14-22-17-36-27-13-7-6-12-25(22)27)41-32(44)26(35)15-23-18-37-30(39-23)20-8-2-3-9-20/h6-7,12-13,17-21,26,28-29,36H,2-5,8-11,14-16,35H2,1H3,(H,37,39)(H,38,40)(H,41,44)(H,42,45)(H,43,46)/t26-,28-,29-/m0/s1. The molecule has 47 heavy (non-hydrogen) atoms. The fraction of sp³-hybridized carbons (Fsp3) is 0.500. The third-order valence-electron chi connectivity index (χ3n) is 9.55. The zero-order valence-electron chi connectivity index (χ0n) is 26.8. The molecule has 0 bridgehead atoms. The van der Waals surface area contributed by atoms with Crippen molar-refractivity contribution in [3.8, 4) is 0 Å². The van der Waals surface area contributed by atoms with Gasteiger partial charge < -0.3 is 31.3 Å². The van der Waals surface area contributed by atoms with Crippen LogP contribution in [0.3, 0.4) is 0 Å². The van der Waals surface area contributed by atoms with Gasteiger partial charge in [-0.3, -0.25) is 19.2 Å². The van der Waals surface area contributed by atoms with Gasteiger partial charge >= 0.3 is 0 Å². The zero-order chi connectivity index (χ0) is 32.8. The largest absolute Gasteiger partial charge is 0.361 e. The molecule has 8 N–H and O–H groups in total. The normalized spacial score (nSPS) is 17.5. The van der Waals surface area contributed by atoms with Crippen LogP contribution in [0.5, 0.6) is 0 Å². The van der Waals surface area contributed by atoms with Crippen LogP contribution < -0.4 is 21.8 Å². The van der Waals surface area contributed by atoms with E-state index in [1.807, 2.05) is 30.5 Å². The molecule has 0 radical (unpaired) electrons. The van der Waals surface area contributed by atoms with Gasteiger partial charge in [0, 0.05) is 72.0 Å². The number of hydrogen-bond donors (Lipinski definition) is 7. The molecule has 6 rings (SSSR count). The maximum Gasteiger partial charge on any atom is 0.266 e. The molecule has 250 valence electrons. The first kappa shape index (κ1) is 32.5. The van der Waals surface area contributed by atoms with Gasteiger partial charge in [0.15, 0.2) is 0 Å². The molecule has 0 unspecified atom stereocenters. The average Bonchev–Trinajstić information content (AvgIpc) is 3.91. The van der Waals surface area contributed by atoms with E-state index in [2.05, 4.69) is 41.0 Å². The summed E-state index contributed by atoms with van der Waals surface area (Å²) in [5, 5.41) is 6.67. The highest BCUT2D eigenvalue weighted by molar-refractivity contribution is 5.94. The Kier molecular flexibility index (Phi) is 10.3. The molecule has 2 aliphatic rings. The molecule has 4 aromatic rings. The maximum atomic E-state index is 14.0. The number of fused-ring (bicyclic) bond motifs is 1. The minimum atomic E-state index is -1.02. The predicted molar refractivity (Wildman–Crippen MR) is 176 cm³/mol. The van der Waals surface area contributed by atoms with Crippen LogP contribution >= 0.6 is 0 Å². The number of hydrogen-bond acceptors (Lipinski definition) is 7. The third-order valence-corrected chi connectivity index (χ3v) is 9.55. The summed E-state index contributed by atoms with van der Waals surface area (Å²) in [4.78, 5) is 64.4. The van der Waals surface area contributed by atoms with E-state index in [0.29, 0.717) is 11.8 Å². The minimum absolute atomic E-state index is 0.164.